The van der Waals surface area contributed by atoms with Crippen LogP contribution in [0.1, 0.15) is 62.7 Å². The number of urea groups is 1. The van der Waals surface area contributed by atoms with E-state index >= 15 is 0 Å². The molecule has 0 bridgehead atoms. The molecule has 2 saturated heterocycles. The van der Waals surface area contributed by atoms with Gasteiger partial charge in [0.2, 0.25) is 28.5 Å². The largest absolute Gasteiger partial charge is 0.481 e. The molecular weight excluding hydrogens is 773 g/mol. The van der Waals surface area contributed by atoms with Crippen LogP contribution in [-0.2, 0) is 25.6 Å². The van der Waals surface area contributed by atoms with E-state index in [4.69, 9.17) is 10.3 Å². The predicted molar refractivity (Wildman–Crippen MR) is 224 cm³/mol. The molecule has 17 heteroatoms. The fourth-order valence-corrected chi connectivity index (χ4v) is 9.12. The Morgan fingerprint density at radius 2 is 1.64 bits per heavy atom. The zero-order valence-electron chi connectivity index (χ0n) is 33.2. The lowest BCUT2D eigenvalue weighted by Gasteiger charge is -2.30. The van der Waals surface area contributed by atoms with Gasteiger partial charge in [0.25, 0.3) is 0 Å². The first-order valence-electron chi connectivity index (χ1n) is 20.2. The third-order valence-electron chi connectivity index (χ3n) is 10.6. The van der Waals surface area contributed by atoms with Crippen LogP contribution in [0.25, 0.3) is 0 Å². The van der Waals surface area contributed by atoms with Crippen LogP contribution in [0.15, 0.2) is 84.0 Å². The van der Waals surface area contributed by atoms with E-state index < -0.39 is 24.1 Å². The number of amides is 6. The number of unbranched alkanes of at least 4 members (excludes halogenated alkanes) is 2. The molecule has 0 unspecified atom stereocenters. The second-order valence-electron chi connectivity index (χ2n) is 15.0. The molecule has 59 heavy (non-hydrogen) atoms. The average Bonchev–Trinajstić information content (AvgIpc) is 3.74. The fraction of sp³-hybridized carbons (Fsp3) is 0.452. The Balaban J connectivity index is 0.964. The van der Waals surface area contributed by atoms with E-state index in [0.717, 1.165) is 54.7 Å². The molecule has 3 heterocycles. The molecule has 16 nitrogen and oxygen atoms in total. The van der Waals surface area contributed by atoms with E-state index in [0.29, 0.717) is 36.2 Å². The second kappa shape index (κ2) is 21.2. The summed E-state index contributed by atoms with van der Waals surface area (Å²) >= 11 is 1.85. The number of hydrogen-bond donors (Lipinski definition) is 7. The molecule has 2 fully saturated rings. The van der Waals surface area contributed by atoms with Crippen molar-refractivity contribution in [1.82, 2.24) is 36.8 Å². The minimum Gasteiger partial charge on any atom is -0.481 e. The van der Waals surface area contributed by atoms with Crippen LogP contribution in [0.3, 0.4) is 0 Å². The van der Waals surface area contributed by atoms with Gasteiger partial charge in [0, 0.05) is 37.1 Å². The lowest BCUT2D eigenvalue weighted by atomic mass is 10.0. The molecule has 6 amide bonds. The Hall–Kier alpha value is -5.93. The van der Waals surface area contributed by atoms with Gasteiger partial charge in [-0.05, 0) is 74.4 Å². The van der Waals surface area contributed by atoms with Crippen LogP contribution in [-0.4, -0.2) is 91.0 Å². The van der Waals surface area contributed by atoms with Crippen molar-refractivity contribution in [2.75, 3.05) is 36.8 Å². The van der Waals surface area contributed by atoms with Gasteiger partial charge in [-0.2, -0.15) is 11.8 Å². The molecule has 312 valence electrons. The van der Waals surface area contributed by atoms with Crippen molar-refractivity contribution in [2.24, 2.45) is 5.11 Å². The van der Waals surface area contributed by atoms with Crippen molar-refractivity contribution >= 4 is 52.8 Å². The molecule has 0 saturated carbocycles. The molecular formula is C42H53N10O6S+. The van der Waals surface area contributed by atoms with Gasteiger partial charge in [-0.1, -0.05) is 54.6 Å². The number of fused-ring (bicyclic) bond motifs is 2. The number of benzene rings is 3. The van der Waals surface area contributed by atoms with Gasteiger partial charge >= 0.3 is 6.03 Å². The van der Waals surface area contributed by atoms with Crippen molar-refractivity contribution in [3.05, 3.63) is 90.0 Å². The number of anilines is 1. The third-order valence-corrected chi connectivity index (χ3v) is 12.1. The average molecular weight is 826 g/mol. The first kappa shape index (κ1) is 42.7. The highest BCUT2D eigenvalue weighted by Gasteiger charge is 2.42. The van der Waals surface area contributed by atoms with Gasteiger partial charge in [-0.25, -0.2) is 4.79 Å². The summed E-state index contributed by atoms with van der Waals surface area (Å²) in [7, 11) is 0. The fourth-order valence-electron chi connectivity index (χ4n) is 7.58. The number of nitrogens with zero attached hydrogens (tertiary/aromatic N) is 3. The minimum absolute atomic E-state index is 0.0300. The minimum atomic E-state index is -0.865. The Kier molecular flexibility index (Phi) is 15.3. The maximum atomic E-state index is 13.7. The van der Waals surface area contributed by atoms with E-state index in [1.54, 1.807) is 31.2 Å². The first-order chi connectivity index (χ1) is 28.7. The number of para-hydroxylation sites is 2. The molecule has 3 aliphatic heterocycles. The Labute approximate surface area is 348 Å². The lowest BCUT2D eigenvalue weighted by molar-refractivity contribution is -0.129. The van der Waals surface area contributed by atoms with Gasteiger partial charge in [0.15, 0.2) is 10.8 Å². The smallest absolute Gasteiger partial charge is 0.315 e. The molecule has 6 rings (SSSR count). The number of hydrogen-bond acceptors (Lipinski definition) is 10. The van der Waals surface area contributed by atoms with Crippen LogP contribution in [0.4, 0.5) is 16.2 Å². The first-order valence-corrected chi connectivity index (χ1v) is 21.3. The van der Waals surface area contributed by atoms with Crippen LogP contribution < -0.4 is 46.4 Å². The molecule has 3 aromatic rings. The van der Waals surface area contributed by atoms with E-state index in [9.17, 15) is 24.0 Å². The van der Waals surface area contributed by atoms with Gasteiger partial charge in [0.1, 0.15) is 23.4 Å². The predicted octanol–water partition coefficient (Wildman–Crippen LogP) is 3.78. The van der Waals surface area contributed by atoms with Gasteiger partial charge in [-0.15, -0.1) is 0 Å². The zero-order valence-corrected chi connectivity index (χ0v) is 34.0. The second-order valence-corrected chi connectivity index (χ2v) is 16.3. The number of ether oxygens (including phenoxy) is 1. The van der Waals surface area contributed by atoms with E-state index in [1.165, 1.54) is 0 Å². The van der Waals surface area contributed by atoms with Gasteiger partial charge in [-0.3, -0.25) is 19.2 Å². The van der Waals surface area contributed by atoms with Crippen molar-refractivity contribution in [1.29, 1.82) is 5.53 Å². The Morgan fingerprint density at radius 3 is 2.41 bits per heavy atom. The van der Waals surface area contributed by atoms with Crippen molar-refractivity contribution < 1.29 is 28.7 Å². The van der Waals surface area contributed by atoms with E-state index in [1.807, 2.05) is 71.3 Å². The molecule has 3 aromatic carbocycles. The molecule has 3 aliphatic rings. The Bertz CT molecular complexity index is 1980. The number of carbonyl (C=O) groups is 5. The zero-order chi connectivity index (χ0) is 41.6. The van der Waals surface area contributed by atoms with E-state index in [2.05, 4.69) is 41.9 Å². The van der Waals surface area contributed by atoms with Crippen LogP contribution in [0.2, 0.25) is 0 Å². The number of rotatable bonds is 19. The highest BCUT2D eigenvalue weighted by Crippen LogP contribution is 2.37. The van der Waals surface area contributed by atoms with Crippen molar-refractivity contribution in [2.45, 2.75) is 87.4 Å². The van der Waals surface area contributed by atoms with Crippen molar-refractivity contribution in [3.8, 4) is 5.75 Å². The lowest BCUT2D eigenvalue weighted by Crippen LogP contribution is -2.54. The summed E-state index contributed by atoms with van der Waals surface area (Å²) in [5.41, 5.74) is 9.66. The molecule has 0 aromatic heterocycles. The summed E-state index contributed by atoms with van der Waals surface area (Å²) < 4.78 is 6.60. The monoisotopic (exact) mass is 825 g/mol. The number of thioether (sulfide) groups is 1. The van der Waals surface area contributed by atoms with Crippen LogP contribution in [0.5, 0.6) is 5.75 Å². The summed E-state index contributed by atoms with van der Waals surface area (Å²) in [6.45, 7) is 2.97. The topological polar surface area (TPSA) is 220 Å². The number of carbonyl (C=O) groups excluding carboxylic acids is 5. The Morgan fingerprint density at radius 1 is 0.915 bits per heavy atom. The molecule has 0 spiro atoms. The molecule has 0 radical (unpaired) electrons. The molecule has 0 aliphatic carbocycles. The quantitative estimate of drug-likeness (QED) is 0.0407. The van der Waals surface area contributed by atoms with Gasteiger partial charge in [0.05, 0.1) is 36.8 Å². The molecule has 7 N–H and O–H groups in total. The summed E-state index contributed by atoms with van der Waals surface area (Å²) in [6.07, 6.45) is 3.97. The SMILES string of the molecule is C[C@H](NC(=O)Cc1ccc(N=[N+]=N)cc1)C(=O)N[C@@H]1CN(CC(=O)NCCCCCNC(=O)CCC[C@@H]2SC[C@@H]3NC(=O)N[C@@H]32)c2ccccc2O[C@@H]1c1ccccc1. The standard InChI is InChI=1S/C42H52N10O6S/c1-27(46-37(54)23-28-17-19-30(20-18-28)50-51-43)41(56)47-31-24-52(33-13-6-7-14-34(33)58-40(31)29-11-4-2-5-12-29)25-38(55)45-22-9-3-8-21-44-36(53)16-10-15-35-39-32(26-59-35)48-42(57)49-39/h2,4-7,11-14,17-20,27,31-32,35,39-40,43H,3,8-10,15-16,21-26H2,1H3,(H5-,44,45,46,47,48,49,53,54,55,56,57)/p+1/t27-,31+,32-,35-,39-,40+/m0/s1. The maximum Gasteiger partial charge on any atom is 0.315 e. The summed E-state index contributed by atoms with van der Waals surface area (Å²) in [6, 6.07) is 22.6. The maximum absolute atomic E-state index is 13.7. The highest BCUT2D eigenvalue weighted by molar-refractivity contribution is 8.00. The summed E-state index contributed by atoms with van der Waals surface area (Å²) in [5.74, 6) is 0.611. The van der Waals surface area contributed by atoms with Crippen LogP contribution in [0, 0.1) is 5.53 Å². The molecule has 6 atom stereocenters. The normalized spacial score (nSPS) is 20.9. The summed E-state index contributed by atoms with van der Waals surface area (Å²) in [5, 5.41) is 21.9. The van der Waals surface area contributed by atoms with Gasteiger partial charge < -0.3 is 41.5 Å². The summed E-state index contributed by atoms with van der Waals surface area (Å²) in [4.78, 5) is 68.9. The highest BCUT2D eigenvalue weighted by atomic mass is 32.2. The van der Waals surface area contributed by atoms with E-state index in [-0.39, 0.29) is 55.3 Å². The number of nitrogens with one attached hydrogen (secondary N) is 7. The third kappa shape index (κ3) is 12.3. The van der Waals surface area contributed by atoms with Crippen LogP contribution >= 0.6 is 11.8 Å². The van der Waals surface area contributed by atoms with Crippen molar-refractivity contribution in [3.63, 3.8) is 0 Å².